The predicted octanol–water partition coefficient (Wildman–Crippen LogP) is 1.23. The van der Waals surface area contributed by atoms with Crippen LogP contribution in [-0.4, -0.2) is 56.4 Å². The van der Waals surface area contributed by atoms with Gasteiger partial charge in [0.25, 0.3) is 5.95 Å². The Balaban J connectivity index is 1.87. The zero-order valence-corrected chi connectivity index (χ0v) is 17.1. The maximum Gasteiger partial charge on any atom is 0.286 e. The molecule has 7 atom stereocenters. The summed E-state index contributed by atoms with van der Waals surface area (Å²) in [5, 5.41) is 32.9. The second kappa shape index (κ2) is 5.58. The van der Waals surface area contributed by atoms with Crippen LogP contribution in [0.5, 0.6) is 0 Å². The van der Waals surface area contributed by atoms with Gasteiger partial charge < -0.3 is 24.8 Å². The fourth-order valence-electron chi connectivity index (χ4n) is 6.25. The maximum absolute atomic E-state index is 13.3. The first-order chi connectivity index (χ1) is 12.8. The smallest absolute Gasteiger partial charge is 0.286 e. The van der Waals surface area contributed by atoms with Crippen molar-refractivity contribution in [1.29, 1.82) is 0 Å². The lowest BCUT2D eigenvalue weighted by atomic mass is 9.40. The molecule has 0 aromatic heterocycles. The van der Waals surface area contributed by atoms with Crippen LogP contribution in [0.2, 0.25) is 0 Å². The lowest BCUT2D eigenvalue weighted by Gasteiger charge is -2.67. The van der Waals surface area contributed by atoms with Crippen LogP contribution in [0.3, 0.4) is 0 Å². The summed E-state index contributed by atoms with van der Waals surface area (Å²) in [5.41, 5.74) is -4.47. The molecule has 2 aliphatic carbocycles. The number of carbonyl (C=O) groups is 2. The molecule has 0 spiro atoms. The van der Waals surface area contributed by atoms with Crippen molar-refractivity contribution < 1.29 is 34.4 Å². The zero-order valence-electron chi connectivity index (χ0n) is 17.1. The molecule has 0 bridgehead atoms. The van der Waals surface area contributed by atoms with Crippen LogP contribution >= 0.6 is 0 Å². The second-order valence-corrected chi connectivity index (χ2v) is 10.0. The fourth-order valence-corrected chi connectivity index (χ4v) is 6.25. The number of ether oxygens (including phenoxy) is 2. The van der Waals surface area contributed by atoms with Crippen LogP contribution in [0.4, 0.5) is 0 Å². The molecule has 7 nitrogen and oxygen atoms in total. The van der Waals surface area contributed by atoms with Gasteiger partial charge in [0.1, 0.15) is 17.8 Å². The number of fused-ring (bicyclic) bond motifs is 3. The minimum atomic E-state index is -1.60. The molecular formula is C21H30O7. The minimum Gasteiger partial charge on any atom is -0.462 e. The van der Waals surface area contributed by atoms with E-state index in [1.807, 2.05) is 13.8 Å². The molecule has 7 heteroatoms. The first-order valence-electron chi connectivity index (χ1n) is 10.0. The molecule has 3 N–H and O–H groups in total. The summed E-state index contributed by atoms with van der Waals surface area (Å²) in [6.07, 6.45) is -2.10. The largest absolute Gasteiger partial charge is 0.462 e. The van der Waals surface area contributed by atoms with Crippen molar-refractivity contribution in [2.24, 2.45) is 16.7 Å². The molecule has 2 saturated carbocycles. The fraction of sp³-hybridized carbons (Fsp3) is 0.810. The summed E-state index contributed by atoms with van der Waals surface area (Å²) in [5.74, 6) is -0.966. The van der Waals surface area contributed by atoms with Crippen molar-refractivity contribution in [3.8, 4) is 0 Å². The van der Waals surface area contributed by atoms with E-state index in [0.717, 1.165) is 0 Å². The van der Waals surface area contributed by atoms with Crippen LogP contribution in [0.25, 0.3) is 0 Å². The van der Waals surface area contributed by atoms with Gasteiger partial charge >= 0.3 is 0 Å². The molecule has 2 aliphatic heterocycles. The Morgan fingerprint density at radius 2 is 1.68 bits per heavy atom. The molecule has 4 rings (SSSR count). The molecule has 2 heterocycles. The zero-order chi connectivity index (χ0) is 20.9. The standard InChI is InChI=1S/C21H30O7/c1-10-8-12(22)11-9-13-19(4,28-17(11)27-10)6-7-21(26)18(2,3)15(24)14(23)16(25)20(13,21)5/h10,13-15,23-24,26H,6-9H2,1-5H3/t10-,13-,14+,15-,19-,20+,21+/m1/s1. The Morgan fingerprint density at radius 1 is 1.04 bits per heavy atom. The summed E-state index contributed by atoms with van der Waals surface area (Å²) in [7, 11) is 0. The molecule has 0 saturated heterocycles. The summed E-state index contributed by atoms with van der Waals surface area (Å²) in [4.78, 5) is 26.0. The Hall–Kier alpha value is -1.44. The van der Waals surface area contributed by atoms with Gasteiger partial charge in [-0.25, -0.2) is 0 Å². The van der Waals surface area contributed by atoms with Gasteiger partial charge in [-0.1, -0.05) is 13.8 Å². The highest BCUT2D eigenvalue weighted by Crippen LogP contribution is 2.66. The molecule has 28 heavy (non-hydrogen) atoms. The molecule has 4 aliphatic rings. The minimum absolute atomic E-state index is 0.0726. The van der Waals surface area contributed by atoms with Gasteiger partial charge in [0.15, 0.2) is 11.6 Å². The average Bonchev–Trinajstić information content (AvgIpc) is 2.61. The number of hydrogen-bond acceptors (Lipinski definition) is 7. The van der Waals surface area contributed by atoms with Crippen LogP contribution in [0, 0.1) is 16.7 Å². The number of aliphatic hydroxyl groups is 3. The lowest BCUT2D eigenvalue weighted by Crippen LogP contribution is -2.78. The summed E-state index contributed by atoms with van der Waals surface area (Å²) < 4.78 is 12.0. The molecule has 0 aromatic carbocycles. The van der Waals surface area contributed by atoms with Crippen LogP contribution in [-0.2, 0) is 19.1 Å². The van der Waals surface area contributed by atoms with E-state index in [0.29, 0.717) is 12.0 Å². The van der Waals surface area contributed by atoms with Crippen LogP contribution in [0.15, 0.2) is 11.5 Å². The molecular weight excluding hydrogens is 364 g/mol. The van der Waals surface area contributed by atoms with Crippen molar-refractivity contribution in [3.63, 3.8) is 0 Å². The molecule has 2 fully saturated rings. The van der Waals surface area contributed by atoms with Crippen LogP contribution < -0.4 is 0 Å². The molecule has 0 amide bonds. The van der Waals surface area contributed by atoms with E-state index in [9.17, 15) is 24.9 Å². The third kappa shape index (κ3) is 2.10. The highest BCUT2D eigenvalue weighted by molar-refractivity contribution is 5.97. The van der Waals surface area contributed by atoms with E-state index in [4.69, 9.17) is 9.47 Å². The third-order valence-electron chi connectivity index (χ3n) is 8.26. The van der Waals surface area contributed by atoms with E-state index < -0.39 is 45.9 Å². The lowest BCUT2D eigenvalue weighted by molar-refractivity contribution is -0.295. The number of aliphatic hydroxyl groups excluding tert-OH is 2. The molecule has 0 unspecified atom stereocenters. The molecule has 156 valence electrons. The first kappa shape index (κ1) is 19.9. The predicted molar refractivity (Wildman–Crippen MR) is 97.9 cm³/mol. The maximum atomic E-state index is 13.3. The third-order valence-corrected chi connectivity index (χ3v) is 8.26. The second-order valence-electron chi connectivity index (χ2n) is 10.0. The number of Topliss-reactive ketones (excluding diaryl/α,β-unsaturated/α-hetero) is 2. The van der Waals surface area contributed by atoms with Gasteiger partial charge in [0.05, 0.1) is 22.7 Å². The van der Waals surface area contributed by atoms with Gasteiger partial charge in [-0.15, -0.1) is 0 Å². The number of rotatable bonds is 0. The Morgan fingerprint density at radius 3 is 2.32 bits per heavy atom. The highest BCUT2D eigenvalue weighted by Gasteiger charge is 2.75. The van der Waals surface area contributed by atoms with Crippen molar-refractivity contribution in [2.75, 3.05) is 0 Å². The number of ketones is 2. The Kier molecular flexibility index (Phi) is 3.96. The number of allylic oxidation sites excluding steroid dienone is 1. The van der Waals surface area contributed by atoms with E-state index in [1.54, 1.807) is 20.8 Å². The van der Waals surface area contributed by atoms with Crippen LogP contribution in [0.1, 0.15) is 60.3 Å². The van der Waals surface area contributed by atoms with Crippen molar-refractivity contribution in [3.05, 3.63) is 11.5 Å². The van der Waals surface area contributed by atoms with E-state index in [1.165, 1.54) is 0 Å². The SMILES string of the molecule is C[C@@H]1CC(=O)C2=C(O1)O[C@]1(C)CC[C@]3(O)C(C)(C)[C@H](O)[C@H](O)C(=O)[C@]3(C)[C@@H]1C2. The highest BCUT2D eigenvalue weighted by atomic mass is 16.7. The van der Waals surface area contributed by atoms with Gasteiger partial charge in [-0.05, 0) is 40.0 Å². The number of carbonyl (C=O) groups excluding carboxylic acids is 2. The van der Waals surface area contributed by atoms with Gasteiger partial charge in [0, 0.05) is 17.8 Å². The monoisotopic (exact) mass is 394 g/mol. The van der Waals surface area contributed by atoms with E-state index >= 15 is 0 Å². The molecule has 0 radical (unpaired) electrons. The summed E-state index contributed by atoms with van der Waals surface area (Å²) >= 11 is 0. The first-order valence-corrected chi connectivity index (χ1v) is 10.0. The number of hydrogen-bond donors (Lipinski definition) is 3. The van der Waals surface area contributed by atoms with E-state index in [-0.39, 0.29) is 37.1 Å². The van der Waals surface area contributed by atoms with Gasteiger partial charge in [-0.3, -0.25) is 9.59 Å². The summed E-state index contributed by atoms with van der Waals surface area (Å²) in [6, 6.07) is 0. The summed E-state index contributed by atoms with van der Waals surface area (Å²) in [6.45, 7) is 8.70. The molecule has 0 aromatic rings. The average molecular weight is 394 g/mol. The van der Waals surface area contributed by atoms with Gasteiger partial charge in [-0.2, -0.15) is 0 Å². The van der Waals surface area contributed by atoms with Crippen molar-refractivity contribution in [2.45, 2.75) is 89.8 Å². The Labute approximate surface area is 164 Å². The van der Waals surface area contributed by atoms with Gasteiger partial charge in [0.2, 0.25) is 0 Å². The van der Waals surface area contributed by atoms with Crippen molar-refractivity contribution >= 4 is 11.6 Å². The van der Waals surface area contributed by atoms with Crippen molar-refractivity contribution in [1.82, 2.24) is 0 Å². The Bertz CT molecular complexity index is 786. The topological polar surface area (TPSA) is 113 Å². The quantitative estimate of drug-likeness (QED) is 0.566. The normalized spacial score (nSPS) is 50.1. The van der Waals surface area contributed by atoms with E-state index in [2.05, 4.69) is 0 Å².